The van der Waals surface area contributed by atoms with Gasteiger partial charge in [0.15, 0.2) is 5.58 Å². The fourth-order valence-corrected chi connectivity index (χ4v) is 3.61. The maximum Gasteiger partial charge on any atom is 0.298 e. The van der Waals surface area contributed by atoms with Crippen LogP contribution >= 0.6 is 0 Å². The van der Waals surface area contributed by atoms with E-state index in [1.165, 1.54) is 0 Å². The summed E-state index contributed by atoms with van der Waals surface area (Å²) in [5.74, 6) is 1.68. The van der Waals surface area contributed by atoms with E-state index < -0.39 is 0 Å². The monoisotopic (exact) mass is 409 g/mol. The second-order valence-electron chi connectivity index (χ2n) is 7.27. The van der Waals surface area contributed by atoms with Crippen LogP contribution in [0, 0.1) is 5.92 Å². The summed E-state index contributed by atoms with van der Waals surface area (Å²) in [4.78, 5) is 19.1. The number of piperidine rings is 1. The molecule has 0 atom stereocenters. The van der Waals surface area contributed by atoms with Crippen molar-refractivity contribution in [3.63, 3.8) is 0 Å². The highest BCUT2D eigenvalue weighted by atomic mass is 16.5. The van der Waals surface area contributed by atoms with Gasteiger partial charge in [-0.2, -0.15) is 4.98 Å². The lowest BCUT2D eigenvalue weighted by Gasteiger charge is -2.30. The van der Waals surface area contributed by atoms with Gasteiger partial charge in [-0.05, 0) is 56.2 Å². The van der Waals surface area contributed by atoms with Crippen LogP contribution in [0.4, 0.5) is 6.01 Å². The summed E-state index contributed by atoms with van der Waals surface area (Å²) in [5, 5.41) is 2.98. The van der Waals surface area contributed by atoms with Crippen LogP contribution in [0.2, 0.25) is 0 Å². The Morgan fingerprint density at radius 3 is 2.50 bits per heavy atom. The molecule has 0 saturated carbocycles. The number of hydrogen-bond donors (Lipinski definition) is 1. The van der Waals surface area contributed by atoms with E-state index in [1.807, 2.05) is 55.5 Å². The number of aromatic nitrogens is 1. The summed E-state index contributed by atoms with van der Waals surface area (Å²) in [7, 11) is 0. The Balaban J connectivity index is 1.18. The summed E-state index contributed by atoms with van der Waals surface area (Å²) in [6, 6.07) is 15.9. The van der Waals surface area contributed by atoms with Gasteiger partial charge < -0.3 is 24.1 Å². The lowest BCUT2D eigenvalue weighted by Crippen LogP contribution is -2.41. The summed E-state index contributed by atoms with van der Waals surface area (Å²) in [6.45, 7) is 5.02. The molecule has 2 heterocycles. The maximum atomic E-state index is 12.5. The Bertz CT molecular complexity index is 929. The molecular weight excluding hydrogens is 382 g/mol. The number of hydrogen-bond acceptors (Lipinski definition) is 6. The van der Waals surface area contributed by atoms with Gasteiger partial charge in [0.2, 0.25) is 5.91 Å². The van der Waals surface area contributed by atoms with E-state index in [1.54, 1.807) is 0 Å². The first-order chi connectivity index (χ1) is 14.7. The van der Waals surface area contributed by atoms with E-state index in [4.69, 9.17) is 13.9 Å². The summed E-state index contributed by atoms with van der Waals surface area (Å²) >= 11 is 0. The number of fused-ring (bicyclic) bond motifs is 1. The molecule has 3 aromatic rings. The third-order valence-electron chi connectivity index (χ3n) is 5.22. The maximum absolute atomic E-state index is 12.5. The van der Waals surface area contributed by atoms with Crippen LogP contribution < -0.4 is 19.7 Å². The minimum atomic E-state index is 0.0103. The Labute approximate surface area is 176 Å². The van der Waals surface area contributed by atoms with Gasteiger partial charge in [-0.15, -0.1) is 0 Å². The van der Waals surface area contributed by atoms with Crippen molar-refractivity contribution in [1.29, 1.82) is 0 Å². The zero-order chi connectivity index (χ0) is 20.8. The van der Waals surface area contributed by atoms with Gasteiger partial charge in [0.25, 0.3) is 6.01 Å². The molecule has 0 bridgehead atoms. The van der Waals surface area contributed by atoms with Gasteiger partial charge in [0.05, 0.1) is 13.2 Å². The predicted octanol–water partition coefficient (Wildman–Crippen LogP) is 3.64. The van der Waals surface area contributed by atoms with Crippen molar-refractivity contribution in [1.82, 2.24) is 10.3 Å². The molecule has 4 rings (SSSR count). The highest BCUT2D eigenvalue weighted by molar-refractivity contribution is 5.79. The number of oxazole rings is 1. The van der Waals surface area contributed by atoms with E-state index in [2.05, 4.69) is 15.2 Å². The average Bonchev–Trinajstić information content (AvgIpc) is 3.22. The number of ether oxygens (including phenoxy) is 2. The lowest BCUT2D eigenvalue weighted by atomic mass is 9.96. The average molecular weight is 409 g/mol. The molecule has 1 aliphatic rings. The molecule has 30 heavy (non-hydrogen) atoms. The summed E-state index contributed by atoms with van der Waals surface area (Å²) in [5.41, 5.74) is 1.65. The third-order valence-corrected chi connectivity index (χ3v) is 5.22. The van der Waals surface area contributed by atoms with Crippen LogP contribution in [0.5, 0.6) is 11.5 Å². The van der Waals surface area contributed by atoms with E-state index >= 15 is 0 Å². The standard InChI is InChI=1S/C23H27N3O4/c1-2-28-18-7-9-19(10-8-18)29-16-13-24-22(27)17-11-14-26(15-12-17)23-25-20-5-3-4-6-21(20)30-23/h3-10,17H,2,11-16H2,1H3,(H,24,27). The van der Waals surface area contributed by atoms with Crippen LogP contribution in [0.15, 0.2) is 52.9 Å². The first-order valence-corrected chi connectivity index (χ1v) is 10.5. The Hall–Kier alpha value is -3.22. The molecule has 1 saturated heterocycles. The SMILES string of the molecule is CCOc1ccc(OCCNC(=O)C2CCN(c3nc4ccccc4o3)CC2)cc1. The lowest BCUT2D eigenvalue weighted by molar-refractivity contribution is -0.125. The van der Waals surface area contributed by atoms with E-state index in [9.17, 15) is 4.79 Å². The summed E-state index contributed by atoms with van der Waals surface area (Å²) < 4.78 is 16.9. The molecule has 0 radical (unpaired) electrons. The fraction of sp³-hybridized carbons (Fsp3) is 0.391. The molecule has 2 aromatic carbocycles. The molecule has 1 aromatic heterocycles. The van der Waals surface area contributed by atoms with Crippen molar-refractivity contribution in [2.24, 2.45) is 5.92 Å². The molecule has 1 N–H and O–H groups in total. The molecular formula is C23H27N3O4. The van der Waals surface area contributed by atoms with Crippen molar-refractivity contribution in [2.75, 3.05) is 37.7 Å². The topological polar surface area (TPSA) is 76.8 Å². The van der Waals surface area contributed by atoms with Crippen molar-refractivity contribution >= 4 is 23.0 Å². The number of benzene rings is 2. The van der Waals surface area contributed by atoms with Crippen LogP contribution in [-0.2, 0) is 4.79 Å². The smallest absolute Gasteiger partial charge is 0.298 e. The highest BCUT2D eigenvalue weighted by Gasteiger charge is 2.27. The molecule has 7 nitrogen and oxygen atoms in total. The number of nitrogens with zero attached hydrogens (tertiary/aromatic N) is 2. The minimum absolute atomic E-state index is 0.0103. The molecule has 1 fully saturated rings. The Morgan fingerprint density at radius 2 is 1.80 bits per heavy atom. The van der Waals surface area contributed by atoms with Gasteiger partial charge in [-0.25, -0.2) is 0 Å². The van der Waals surface area contributed by atoms with E-state index in [-0.39, 0.29) is 11.8 Å². The number of para-hydroxylation sites is 2. The second-order valence-corrected chi connectivity index (χ2v) is 7.27. The van der Waals surface area contributed by atoms with E-state index in [0.717, 1.165) is 48.5 Å². The van der Waals surface area contributed by atoms with Crippen LogP contribution in [0.3, 0.4) is 0 Å². The number of carbonyl (C=O) groups is 1. The number of anilines is 1. The highest BCUT2D eigenvalue weighted by Crippen LogP contribution is 2.26. The normalized spacial score (nSPS) is 14.6. The molecule has 0 spiro atoms. The quantitative estimate of drug-likeness (QED) is 0.573. The second kappa shape index (κ2) is 9.52. The first kappa shape index (κ1) is 20.1. The number of carbonyl (C=O) groups excluding carboxylic acids is 1. The van der Waals surface area contributed by atoms with Crippen molar-refractivity contribution in [2.45, 2.75) is 19.8 Å². The van der Waals surface area contributed by atoms with Crippen LogP contribution in [-0.4, -0.2) is 43.7 Å². The molecule has 158 valence electrons. The number of amides is 1. The Morgan fingerprint density at radius 1 is 1.10 bits per heavy atom. The number of rotatable bonds is 8. The first-order valence-electron chi connectivity index (χ1n) is 10.5. The molecule has 1 aliphatic heterocycles. The zero-order valence-electron chi connectivity index (χ0n) is 17.2. The zero-order valence-corrected chi connectivity index (χ0v) is 17.2. The summed E-state index contributed by atoms with van der Waals surface area (Å²) in [6.07, 6.45) is 1.56. The van der Waals surface area contributed by atoms with Gasteiger partial charge in [-0.3, -0.25) is 4.79 Å². The Kier molecular flexibility index (Phi) is 6.37. The van der Waals surface area contributed by atoms with Gasteiger partial charge in [0, 0.05) is 19.0 Å². The largest absolute Gasteiger partial charge is 0.494 e. The molecule has 1 amide bonds. The fourth-order valence-electron chi connectivity index (χ4n) is 3.61. The van der Waals surface area contributed by atoms with Crippen molar-refractivity contribution < 1.29 is 18.7 Å². The molecule has 0 unspecified atom stereocenters. The van der Waals surface area contributed by atoms with Gasteiger partial charge >= 0.3 is 0 Å². The molecule has 7 heteroatoms. The van der Waals surface area contributed by atoms with Gasteiger partial charge in [0.1, 0.15) is 23.6 Å². The predicted molar refractivity (Wildman–Crippen MR) is 115 cm³/mol. The van der Waals surface area contributed by atoms with Crippen molar-refractivity contribution in [3.8, 4) is 11.5 Å². The van der Waals surface area contributed by atoms with Crippen LogP contribution in [0.1, 0.15) is 19.8 Å². The minimum Gasteiger partial charge on any atom is -0.494 e. The van der Waals surface area contributed by atoms with Gasteiger partial charge in [-0.1, -0.05) is 12.1 Å². The van der Waals surface area contributed by atoms with Crippen LogP contribution in [0.25, 0.3) is 11.1 Å². The van der Waals surface area contributed by atoms with Crippen molar-refractivity contribution in [3.05, 3.63) is 48.5 Å². The number of nitrogens with one attached hydrogen (secondary N) is 1. The third kappa shape index (κ3) is 4.84. The van der Waals surface area contributed by atoms with E-state index in [0.29, 0.717) is 25.8 Å². The molecule has 0 aliphatic carbocycles.